The smallest absolute Gasteiger partial charge is 0.219 e. The summed E-state index contributed by atoms with van der Waals surface area (Å²) in [5.74, 6) is 0.894. The first-order chi connectivity index (χ1) is 16.5. The average molecular weight is 454 g/mol. The molecule has 0 radical (unpaired) electrons. The van der Waals surface area contributed by atoms with Gasteiger partial charge in [-0.2, -0.15) is 10.2 Å². The van der Waals surface area contributed by atoms with Crippen molar-refractivity contribution in [1.82, 2.24) is 34.4 Å². The quantitative estimate of drug-likeness (QED) is 0.464. The van der Waals surface area contributed by atoms with Crippen LogP contribution < -0.4 is 0 Å². The number of piperidine rings is 1. The monoisotopic (exact) mass is 453 g/mol. The predicted molar refractivity (Wildman–Crippen MR) is 128 cm³/mol. The van der Waals surface area contributed by atoms with E-state index in [0.717, 1.165) is 53.5 Å². The summed E-state index contributed by atoms with van der Waals surface area (Å²) in [7, 11) is 1.91. The van der Waals surface area contributed by atoms with Crippen LogP contribution >= 0.6 is 0 Å². The summed E-state index contributed by atoms with van der Waals surface area (Å²) >= 11 is 0. The third-order valence-corrected chi connectivity index (χ3v) is 7.19. The Morgan fingerprint density at radius 2 is 1.50 bits per heavy atom. The Kier molecular flexibility index (Phi) is 5.01. The number of fused-ring (bicyclic) bond motifs is 2. The molecule has 8 nitrogen and oxygen atoms in total. The molecule has 2 saturated heterocycles. The fourth-order valence-electron chi connectivity index (χ4n) is 5.60. The zero-order valence-electron chi connectivity index (χ0n) is 19.4. The van der Waals surface area contributed by atoms with Gasteiger partial charge in [-0.3, -0.25) is 14.2 Å². The number of benzene rings is 1. The van der Waals surface area contributed by atoms with Crippen LogP contribution in [0.1, 0.15) is 38.6 Å². The maximum atomic E-state index is 12.0. The molecule has 0 N–H and O–H groups in total. The minimum atomic E-state index is 0.204. The standard InChI is InChI=1S/C26H27N7O/c1-17(34)33-23-6-7-24(33)10-25(9-23)32-16-22(14-30-32)20-11-27-26(28-12-20)19-5-3-4-18(8-19)21-13-29-31(2)15-21/h3-5,8,11-16,23-25H,6-7,9-10H2,1-2H3/t23-,24+,25?. The Morgan fingerprint density at radius 3 is 2.18 bits per heavy atom. The molecule has 5 heterocycles. The summed E-state index contributed by atoms with van der Waals surface area (Å²) in [5, 5.41) is 8.92. The predicted octanol–water partition coefficient (Wildman–Crippen LogP) is 4.12. The summed E-state index contributed by atoms with van der Waals surface area (Å²) < 4.78 is 3.87. The van der Waals surface area contributed by atoms with E-state index in [0.29, 0.717) is 23.9 Å². The molecule has 0 saturated carbocycles. The lowest BCUT2D eigenvalue weighted by Gasteiger charge is -2.38. The molecule has 172 valence electrons. The number of amides is 1. The summed E-state index contributed by atoms with van der Waals surface area (Å²) in [5.41, 5.74) is 5.08. The number of carbonyl (C=O) groups excluding carboxylic acids is 1. The van der Waals surface area contributed by atoms with E-state index in [4.69, 9.17) is 0 Å². The molecule has 2 aliphatic heterocycles. The molecule has 8 heteroatoms. The van der Waals surface area contributed by atoms with E-state index in [1.165, 1.54) is 0 Å². The van der Waals surface area contributed by atoms with Crippen molar-refractivity contribution in [3.8, 4) is 33.6 Å². The number of rotatable bonds is 4. The minimum Gasteiger partial charge on any atom is -0.337 e. The highest BCUT2D eigenvalue weighted by Crippen LogP contribution is 2.41. The molecule has 1 aromatic carbocycles. The van der Waals surface area contributed by atoms with Gasteiger partial charge in [0.25, 0.3) is 0 Å². The van der Waals surface area contributed by atoms with Gasteiger partial charge in [-0.15, -0.1) is 0 Å². The van der Waals surface area contributed by atoms with Crippen molar-refractivity contribution in [3.63, 3.8) is 0 Å². The van der Waals surface area contributed by atoms with E-state index < -0.39 is 0 Å². The summed E-state index contributed by atoms with van der Waals surface area (Å²) in [6.45, 7) is 1.69. The van der Waals surface area contributed by atoms with Gasteiger partial charge in [0.2, 0.25) is 5.91 Å². The Morgan fingerprint density at radius 1 is 0.824 bits per heavy atom. The molecule has 2 fully saturated rings. The molecule has 3 atom stereocenters. The van der Waals surface area contributed by atoms with Gasteiger partial charge < -0.3 is 4.90 Å². The van der Waals surface area contributed by atoms with E-state index in [2.05, 4.69) is 48.1 Å². The molecule has 6 rings (SSSR count). The van der Waals surface area contributed by atoms with Crippen molar-refractivity contribution in [2.75, 3.05) is 0 Å². The van der Waals surface area contributed by atoms with Crippen molar-refractivity contribution in [1.29, 1.82) is 0 Å². The van der Waals surface area contributed by atoms with Gasteiger partial charge in [0.15, 0.2) is 5.82 Å². The van der Waals surface area contributed by atoms with E-state index in [1.807, 2.05) is 50.2 Å². The van der Waals surface area contributed by atoms with Crippen molar-refractivity contribution in [2.24, 2.45) is 7.05 Å². The van der Waals surface area contributed by atoms with Crippen molar-refractivity contribution >= 4 is 5.91 Å². The normalized spacial score (nSPS) is 21.7. The maximum absolute atomic E-state index is 12.0. The van der Waals surface area contributed by atoms with E-state index in [-0.39, 0.29) is 5.91 Å². The number of aryl methyl sites for hydroxylation is 1. The maximum Gasteiger partial charge on any atom is 0.219 e. The zero-order valence-corrected chi connectivity index (χ0v) is 19.4. The first kappa shape index (κ1) is 20.8. The number of nitrogens with zero attached hydrogens (tertiary/aromatic N) is 7. The van der Waals surface area contributed by atoms with E-state index in [1.54, 1.807) is 11.6 Å². The van der Waals surface area contributed by atoms with Crippen LogP contribution in [0.2, 0.25) is 0 Å². The molecule has 1 amide bonds. The van der Waals surface area contributed by atoms with Crippen LogP contribution in [0.3, 0.4) is 0 Å². The lowest BCUT2D eigenvalue weighted by molar-refractivity contribution is -0.133. The van der Waals surface area contributed by atoms with Gasteiger partial charge in [0.1, 0.15) is 0 Å². The third kappa shape index (κ3) is 3.69. The Hall–Kier alpha value is -3.81. The van der Waals surface area contributed by atoms with Gasteiger partial charge in [-0.25, -0.2) is 9.97 Å². The lowest BCUT2D eigenvalue weighted by atomic mass is 9.97. The largest absolute Gasteiger partial charge is 0.337 e. The van der Waals surface area contributed by atoms with Crippen LogP contribution in [0, 0.1) is 0 Å². The highest BCUT2D eigenvalue weighted by atomic mass is 16.2. The van der Waals surface area contributed by atoms with Gasteiger partial charge in [0, 0.05) is 73.1 Å². The third-order valence-electron chi connectivity index (χ3n) is 7.19. The van der Waals surface area contributed by atoms with Gasteiger partial charge in [0.05, 0.1) is 18.4 Å². The van der Waals surface area contributed by atoms with Crippen LogP contribution in [0.25, 0.3) is 33.6 Å². The Bertz CT molecular complexity index is 1330. The Balaban J connectivity index is 1.20. The number of aromatic nitrogens is 6. The SMILES string of the molecule is CC(=O)N1[C@@H]2CC[C@H]1CC(n1cc(-c3cnc(-c4cccc(-c5cnn(C)c5)c4)nc3)cn1)C2. The first-order valence-electron chi connectivity index (χ1n) is 11.8. The molecule has 34 heavy (non-hydrogen) atoms. The molecule has 2 aliphatic rings. The summed E-state index contributed by atoms with van der Waals surface area (Å²) in [6, 6.07) is 9.22. The fraction of sp³-hybridized carbons (Fsp3) is 0.346. The van der Waals surface area contributed by atoms with Crippen LogP contribution in [0.4, 0.5) is 0 Å². The first-order valence-corrected chi connectivity index (χ1v) is 11.8. The van der Waals surface area contributed by atoms with Crippen LogP contribution in [0.15, 0.2) is 61.4 Å². The second kappa shape index (κ2) is 8.20. The molecule has 2 bridgehead atoms. The van der Waals surface area contributed by atoms with Crippen LogP contribution in [0.5, 0.6) is 0 Å². The molecule has 4 aromatic rings. The highest BCUT2D eigenvalue weighted by molar-refractivity contribution is 5.74. The van der Waals surface area contributed by atoms with Gasteiger partial charge >= 0.3 is 0 Å². The average Bonchev–Trinajstić information content (AvgIpc) is 3.57. The molecule has 0 spiro atoms. The molecule has 3 aromatic heterocycles. The number of carbonyl (C=O) groups is 1. The van der Waals surface area contributed by atoms with Crippen molar-refractivity contribution in [3.05, 3.63) is 61.4 Å². The van der Waals surface area contributed by atoms with Gasteiger partial charge in [-0.1, -0.05) is 18.2 Å². The van der Waals surface area contributed by atoms with Crippen LogP contribution in [-0.2, 0) is 11.8 Å². The summed E-state index contributed by atoms with van der Waals surface area (Å²) in [6.07, 6.45) is 15.7. The van der Waals surface area contributed by atoms with Crippen LogP contribution in [-0.4, -0.2) is 52.4 Å². The summed E-state index contributed by atoms with van der Waals surface area (Å²) in [4.78, 5) is 23.4. The topological polar surface area (TPSA) is 81.7 Å². The van der Waals surface area contributed by atoms with E-state index in [9.17, 15) is 4.79 Å². The lowest BCUT2D eigenvalue weighted by Crippen LogP contribution is -2.45. The number of hydrogen-bond acceptors (Lipinski definition) is 5. The van der Waals surface area contributed by atoms with Gasteiger partial charge in [-0.05, 0) is 37.3 Å². The molecular formula is C26H27N7O. The zero-order chi connectivity index (χ0) is 23.2. The second-order valence-corrected chi connectivity index (χ2v) is 9.42. The minimum absolute atomic E-state index is 0.204. The number of hydrogen-bond donors (Lipinski definition) is 0. The second-order valence-electron chi connectivity index (χ2n) is 9.42. The molecule has 0 aliphatic carbocycles. The Labute approximate surface area is 198 Å². The van der Waals surface area contributed by atoms with Crippen molar-refractivity contribution < 1.29 is 4.79 Å². The van der Waals surface area contributed by atoms with Crippen molar-refractivity contribution in [2.45, 2.75) is 50.7 Å². The van der Waals surface area contributed by atoms with E-state index >= 15 is 0 Å². The fourth-order valence-corrected chi connectivity index (χ4v) is 5.60. The molecule has 1 unspecified atom stereocenters. The molecular weight excluding hydrogens is 426 g/mol. The highest BCUT2D eigenvalue weighted by Gasteiger charge is 2.42.